The molecule has 0 radical (unpaired) electrons. The largest absolute Gasteiger partial charge is 0.369 e. The Balaban J connectivity index is 3.03. The van der Waals surface area contributed by atoms with Gasteiger partial charge in [-0.2, -0.15) is 0 Å². The molecule has 0 aromatic heterocycles. The zero-order chi connectivity index (χ0) is 14.4. The second-order valence-electron chi connectivity index (χ2n) is 5.35. The Morgan fingerprint density at radius 1 is 1.21 bits per heavy atom. The molecular weight excluding hydrogens is 300 g/mol. The Morgan fingerprint density at radius 2 is 1.89 bits per heavy atom. The van der Waals surface area contributed by atoms with Gasteiger partial charge in [-0.25, -0.2) is 0 Å². The zero-order valence-electron chi connectivity index (χ0n) is 12.8. The first-order valence-corrected chi connectivity index (χ1v) is 8.07. The highest BCUT2D eigenvalue weighted by molar-refractivity contribution is 9.10. The lowest BCUT2D eigenvalue weighted by Crippen LogP contribution is -2.34. The minimum absolute atomic E-state index is 0.505. The van der Waals surface area contributed by atoms with Crippen LogP contribution in [0.25, 0.3) is 0 Å². The zero-order valence-corrected chi connectivity index (χ0v) is 14.4. The molecule has 0 fully saturated rings. The fourth-order valence-corrected chi connectivity index (χ4v) is 2.64. The van der Waals surface area contributed by atoms with E-state index in [4.69, 9.17) is 0 Å². The molecule has 1 aromatic carbocycles. The molecular formula is C16H27BrN2. The summed E-state index contributed by atoms with van der Waals surface area (Å²) in [5, 5.41) is 3.52. The van der Waals surface area contributed by atoms with Gasteiger partial charge in [0.05, 0.1) is 0 Å². The van der Waals surface area contributed by atoms with Crippen LogP contribution in [0.15, 0.2) is 22.7 Å². The third kappa shape index (κ3) is 4.81. The van der Waals surface area contributed by atoms with E-state index in [9.17, 15) is 0 Å². The number of hydrogen-bond donors (Lipinski definition) is 1. The van der Waals surface area contributed by atoms with Crippen LogP contribution < -0.4 is 10.2 Å². The Bertz CT molecular complexity index is 390. The van der Waals surface area contributed by atoms with E-state index in [1.807, 2.05) is 0 Å². The van der Waals surface area contributed by atoms with Crippen LogP contribution in [0.5, 0.6) is 0 Å². The van der Waals surface area contributed by atoms with Crippen LogP contribution in [0.4, 0.5) is 5.69 Å². The molecule has 0 aliphatic rings. The van der Waals surface area contributed by atoms with Crippen LogP contribution in [-0.2, 0) is 6.54 Å². The highest BCUT2D eigenvalue weighted by Crippen LogP contribution is 2.27. The van der Waals surface area contributed by atoms with Gasteiger partial charge in [-0.15, -0.1) is 0 Å². The van der Waals surface area contributed by atoms with Crippen molar-refractivity contribution in [1.29, 1.82) is 0 Å². The van der Waals surface area contributed by atoms with E-state index in [-0.39, 0.29) is 0 Å². The van der Waals surface area contributed by atoms with Gasteiger partial charge >= 0.3 is 0 Å². The van der Waals surface area contributed by atoms with Crippen molar-refractivity contribution in [2.24, 2.45) is 0 Å². The van der Waals surface area contributed by atoms with Gasteiger partial charge in [0.2, 0.25) is 0 Å². The van der Waals surface area contributed by atoms with Crippen LogP contribution in [0.3, 0.4) is 0 Å². The number of anilines is 1. The number of nitrogens with zero attached hydrogens (tertiary/aromatic N) is 1. The molecule has 1 N–H and O–H groups in total. The summed E-state index contributed by atoms with van der Waals surface area (Å²) in [6.45, 7) is 13.1. The molecule has 19 heavy (non-hydrogen) atoms. The summed E-state index contributed by atoms with van der Waals surface area (Å²) < 4.78 is 1.15. The molecule has 2 nitrogen and oxygen atoms in total. The maximum atomic E-state index is 3.58. The molecule has 0 bridgehead atoms. The van der Waals surface area contributed by atoms with Gasteiger partial charge in [0.15, 0.2) is 0 Å². The van der Waals surface area contributed by atoms with Crippen molar-refractivity contribution in [3.8, 4) is 0 Å². The average Bonchev–Trinajstić information content (AvgIpc) is 2.38. The highest BCUT2D eigenvalue weighted by Gasteiger charge is 2.15. The number of nitrogens with one attached hydrogen (secondary N) is 1. The van der Waals surface area contributed by atoms with Gasteiger partial charge in [0.25, 0.3) is 0 Å². The SMILES string of the molecule is CCC(C)N(CC)c1ccc(Br)cc1CNC(C)C. The summed E-state index contributed by atoms with van der Waals surface area (Å²) in [4.78, 5) is 2.49. The first kappa shape index (κ1) is 16.5. The molecule has 1 rings (SSSR count). The smallest absolute Gasteiger partial charge is 0.0414 e. The fourth-order valence-electron chi connectivity index (χ4n) is 2.23. The average molecular weight is 327 g/mol. The quantitative estimate of drug-likeness (QED) is 0.789. The molecule has 0 heterocycles. The van der Waals surface area contributed by atoms with Crippen molar-refractivity contribution in [3.63, 3.8) is 0 Å². The molecule has 3 heteroatoms. The number of benzene rings is 1. The van der Waals surface area contributed by atoms with Crippen molar-refractivity contribution >= 4 is 21.6 Å². The Hall–Kier alpha value is -0.540. The van der Waals surface area contributed by atoms with Crippen molar-refractivity contribution in [2.45, 2.75) is 59.7 Å². The Morgan fingerprint density at radius 3 is 2.42 bits per heavy atom. The molecule has 0 amide bonds. The fraction of sp³-hybridized carbons (Fsp3) is 0.625. The summed E-state index contributed by atoms with van der Waals surface area (Å²) in [7, 11) is 0. The van der Waals surface area contributed by atoms with Gasteiger partial charge in [-0.1, -0.05) is 36.7 Å². The van der Waals surface area contributed by atoms with Crippen LogP contribution >= 0.6 is 15.9 Å². The third-order valence-electron chi connectivity index (χ3n) is 3.52. The van der Waals surface area contributed by atoms with Gasteiger partial charge in [-0.3, -0.25) is 0 Å². The van der Waals surface area contributed by atoms with E-state index in [0.29, 0.717) is 12.1 Å². The molecule has 0 aliphatic carbocycles. The Labute approximate surface area is 126 Å². The maximum Gasteiger partial charge on any atom is 0.0414 e. The molecule has 0 saturated carbocycles. The lowest BCUT2D eigenvalue weighted by molar-refractivity contribution is 0.582. The molecule has 1 aromatic rings. The van der Waals surface area contributed by atoms with E-state index >= 15 is 0 Å². The van der Waals surface area contributed by atoms with Gasteiger partial charge in [-0.05, 0) is 44.0 Å². The lowest BCUT2D eigenvalue weighted by Gasteiger charge is -2.32. The summed E-state index contributed by atoms with van der Waals surface area (Å²) in [5.74, 6) is 0. The van der Waals surface area contributed by atoms with E-state index in [2.05, 4.69) is 79.0 Å². The first-order chi connectivity index (χ1) is 8.99. The monoisotopic (exact) mass is 326 g/mol. The molecule has 108 valence electrons. The van der Waals surface area contributed by atoms with E-state index in [0.717, 1.165) is 17.6 Å². The molecule has 0 spiro atoms. The van der Waals surface area contributed by atoms with Gasteiger partial charge in [0.1, 0.15) is 0 Å². The molecule has 0 saturated heterocycles. The van der Waals surface area contributed by atoms with Crippen molar-refractivity contribution in [3.05, 3.63) is 28.2 Å². The second-order valence-corrected chi connectivity index (χ2v) is 6.27. The van der Waals surface area contributed by atoms with Gasteiger partial charge in [0, 0.05) is 35.3 Å². The van der Waals surface area contributed by atoms with Crippen molar-refractivity contribution < 1.29 is 0 Å². The summed E-state index contributed by atoms with van der Waals surface area (Å²) in [6, 6.07) is 7.68. The summed E-state index contributed by atoms with van der Waals surface area (Å²) >= 11 is 3.58. The summed E-state index contributed by atoms with van der Waals surface area (Å²) in [5.41, 5.74) is 2.72. The lowest BCUT2D eigenvalue weighted by atomic mass is 10.1. The van der Waals surface area contributed by atoms with Crippen molar-refractivity contribution in [2.75, 3.05) is 11.4 Å². The molecule has 0 aliphatic heterocycles. The molecule has 1 atom stereocenters. The second kappa shape index (κ2) is 7.91. The normalized spacial score (nSPS) is 12.8. The summed E-state index contributed by atoms with van der Waals surface area (Å²) in [6.07, 6.45) is 1.17. The predicted octanol–water partition coefficient (Wildman–Crippen LogP) is 4.57. The van der Waals surface area contributed by atoms with E-state index in [1.54, 1.807) is 0 Å². The van der Waals surface area contributed by atoms with Crippen LogP contribution in [0.1, 0.15) is 46.6 Å². The van der Waals surface area contributed by atoms with Crippen LogP contribution in [0.2, 0.25) is 0 Å². The van der Waals surface area contributed by atoms with Crippen molar-refractivity contribution in [1.82, 2.24) is 5.32 Å². The first-order valence-electron chi connectivity index (χ1n) is 7.28. The third-order valence-corrected chi connectivity index (χ3v) is 4.01. The molecule has 1 unspecified atom stereocenters. The maximum absolute atomic E-state index is 3.58. The van der Waals surface area contributed by atoms with E-state index < -0.39 is 0 Å². The highest BCUT2D eigenvalue weighted by atomic mass is 79.9. The minimum atomic E-state index is 0.505. The predicted molar refractivity (Wildman–Crippen MR) is 88.9 cm³/mol. The number of rotatable bonds is 7. The van der Waals surface area contributed by atoms with Gasteiger partial charge < -0.3 is 10.2 Å². The van der Waals surface area contributed by atoms with Crippen LogP contribution in [0, 0.1) is 0 Å². The van der Waals surface area contributed by atoms with Crippen LogP contribution in [-0.4, -0.2) is 18.6 Å². The van der Waals surface area contributed by atoms with E-state index in [1.165, 1.54) is 17.7 Å². The number of hydrogen-bond acceptors (Lipinski definition) is 2. The topological polar surface area (TPSA) is 15.3 Å². The Kier molecular flexibility index (Phi) is 6.87. The standard InChI is InChI=1S/C16H27BrN2/c1-6-13(5)19(7-2)16-9-8-15(17)10-14(16)11-18-12(3)4/h8-10,12-13,18H,6-7,11H2,1-5H3. The minimum Gasteiger partial charge on any atom is -0.369 e. The number of halogens is 1.